The van der Waals surface area contributed by atoms with Crippen LogP contribution in [-0.2, 0) is 4.79 Å². The molecule has 0 fully saturated rings. The van der Waals surface area contributed by atoms with Gasteiger partial charge in [-0.2, -0.15) is 0 Å². The Labute approximate surface area is 146 Å². The molecule has 0 spiro atoms. The quantitative estimate of drug-likeness (QED) is 0.839. The maximum Gasteiger partial charge on any atom is 0.258 e. The number of benzene rings is 2. The molecule has 2 N–H and O–H groups in total. The van der Waals surface area contributed by atoms with Crippen LogP contribution in [0, 0.1) is 0 Å². The summed E-state index contributed by atoms with van der Waals surface area (Å²) in [5.41, 5.74) is 2.14. The van der Waals surface area contributed by atoms with E-state index >= 15 is 0 Å². The lowest BCUT2D eigenvalue weighted by Crippen LogP contribution is -2.32. The third-order valence-electron chi connectivity index (χ3n) is 3.31. The molecule has 2 rings (SSSR count). The lowest BCUT2D eigenvalue weighted by Gasteiger charge is -2.21. The number of thiocarbonyl (C=S) groups is 1. The highest BCUT2D eigenvalue weighted by Crippen LogP contribution is 2.18. The summed E-state index contributed by atoms with van der Waals surface area (Å²) in [5, 5.41) is 5.60. The van der Waals surface area contributed by atoms with Gasteiger partial charge in [-0.25, -0.2) is 0 Å². The molecule has 0 saturated heterocycles. The first-order valence-electron chi connectivity index (χ1n) is 7.56. The Morgan fingerprint density at radius 1 is 1.04 bits per heavy atom. The van der Waals surface area contributed by atoms with Crippen molar-refractivity contribution in [2.45, 2.75) is 13.8 Å². The number of hydrogen-bond acceptors (Lipinski definition) is 3. The summed E-state index contributed by atoms with van der Waals surface area (Å²) >= 11 is 5.00. The van der Waals surface area contributed by atoms with Crippen LogP contribution in [0.1, 0.15) is 24.2 Å². The smallest absolute Gasteiger partial charge is 0.258 e. The molecule has 24 heavy (non-hydrogen) atoms. The summed E-state index contributed by atoms with van der Waals surface area (Å²) in [6.07, 6.45) is 0. The van der Waals surface area contributed by atoms with Gasteiger partial charge in [0.25, 0.3) is 5.91 Å². The van der Waals surface area contributed by atoms with Crippen molar-refractivity contribution in [2.24, 2.45) is 0 Å². The van der Waals surface area contributed by atoms with Crippen LogP contribution in [0.5, 0.6) is 0 Å². The van der Waals surface area contributed by atoms with Crippen LogP contribution in [0.4, 0.5) is 11.4 Å². The maximum atomic E-state index is 12.7. The number of rotatable bonds is 4. The fraction of sp³-hybridized carbons (Fsp3) is 0.167. The van der Waals surface area contributed by atoms with Crippen molar-refractivity contribution in [1.82, 2.24) is 5.32 Å². The van der Waals surface area contributed by atoms with Gasteiger partial charge in [-0.15, -0.1) is 0 Å². The molecule has 0 radical (unpaired) electrons. The largest absolute Gasteiger partial charge is 0.332 e. The highest BCUT2D eigenvalue weighted by atomic mass is 32.1. The average molecular weight is 341 g/mol. The molecule has 6 heteroatoms. The van der Waals surface area contributed by atoms with Crippen molar-refractivity contribution < 1.29 is 9.59 Å². The van der Waals surface area contributed by atoms with Crippen molar-refractivity contribution in [2.75, 3.05) is 16.8 Å². The second-order valence-corrected chi connectivity index (χ2v) is 5.51. The van der Waals surface area contributed by atoms with Crippen LogP contribution >= 0.6 is 12.2 Å². The monoisotopic (exact) mass is 341 g/mol. The fourth-order valence-electron chi connectivity index (χ4n) is 2.23. The van der Waals surface area contributed by atoms with Crippen LogP contribution < -0.4 is 15.5 Å². The number of para-hydroxylation sites is 1. The summed E-state index contributed by atoms with van der Waals surface area (Å²) in [7, 11) is 0. The van der Waals surface area contributed by atoms with Crippen molar-refractivity contribution in [3.63, 3.8) is 0 Å². The van der Waals surface area contributed by atoms with E-state index in [4.69, 9.17) is 12.2 Å². The van der Waals surface area contributed by atoms with Crippen LogP contribution in [-0.4, -0.2) is 23.5 Å². The van der Waals surface area contributed by atoms with Gasteiger partial charge in [0.1, 0.15) is 0 Å². The summed E-state index contributed by atoms with van der Waals surface area (Å²) in [4.78, 5) is 25.3. The molecule has 5 nitrogen and oxygen atoms in total. The lowest BCUT2D eigenvalue weighted by molar-refractivity contribution is -0.117. The molecule has 0 atom stereocenters. The Morgan fingerprint density at radius 3 is 2.21 bits per heavy atom. The molecule has 0 aliphatic rings. The zero-order valence-corrected chi connectivity index (χ0v) is 14.4. The normalized spacial score (nSPS) is 9.92. The van der Waals surface area contributed by atoms with Gasteiger partial charge >= 0.3 is 0 Å². The highest BCUT2D eigenvalue weighted by Gasteiger charge is 2.15. The van der Waals surface area contributed by atoms with Gasteiger partial charge in [0, 0.05) is 30.4 Å². The van der Waals surface area contributed by atoms with Gasteiger partial charge in [0.15, 0.2) is 5.11 Å². The molecular formula is C18H19N3O2S. The van der Waals surface area contributed by atoms with Gasteiger partial charge in [0.05, 0.1) is 0 Å². The molecule has 0 aliphatic heterocycles. The van der Waals surface area contributed by atoms with Gasteiger partial charge < -0.3 is 15.5 Å². The molecular weight excluding hydrogens is 322 g/mol. The topological polar surface area (TPSA) is 61.4 Å². The van der Waals surface area contributed by atoms with E-state index in [2.05, 4.69) is 10.6 Å². The second kappa shape index (κ2) is 8.21. The molecule has 0 bridgehead atoms. The number of carbonyl (C=O) groups excluding carboxylic acids is 2. The van der Waals surface area contributed by atoms with Crippen LogP contribution in [0.25, 0.3) is 0 Å². The first kappa shape index (κ1) is 17.6. The van der Waals surface area contributed by atoms with E-state index in [-0.39, 0.29) is 16.9 Å². The highest BCUT2D eigenvalue weighted by molar-refractivity contribution is 7.80. The first-order chi connectivity index (χ1) is 11.5. The molecule has 2 amide bonds. The minimum atomic E-state index is -0.235. The van der Waals surface area contributed by atoms with Gasteiger partial charge in [-0.1, -0.05) is 18.2 Å². The summed E-state index contributed by atoms with van der Waals surface area (Å²) in [5.74, 6) is -0.305. The van der Waals surface area contributed by atoms with Crippen molar-refractivity contribution in [3.8, 4) is 0 Å². The van der Waals surface area contributed by atoms with Crippen molar-refractivity contribution >= 4 is 40.5 Å². The zero-order chi connectivity index (χ0) is 17.5. The molecule has 124 valence electrons. The molecule has 0 saturated carbocycles. The Hall–Kier alpha value is -2.73. The third-order valence-corrected chi connectivity index (χ3v) is 3.51. The van der Waals surface area contributed by atoms with Crippen LogP contribution in [0.3, 0.4) is 0 Å². The average Bonchev–Trinajstić information content (AvgIpc) is 2.56. The number of amides is 2. The third kappa shape index (κ3) is 4.63. The summed E-state index contributed by atoms with van der Waals surface area (Å²) in [6.45, 7) is 3.90. The minimum Gasteiger partial charge on any atom is -0.332 e. The minimum absolute atomic E-state index is 0.0697. The maximum absolute atomic E-state index is 12.7. The van der Waals surface area contributed by atoms with Crippen molar-refractivity contribution in [3.05, 3.63) is 60.2 Å². The number of nitrogens with zero attached hydrogens (tertiary/aromatic N) is 1. The second-order valence-electron chi connectivity index (χ2n) is 5.10. The standard InChI is InChI=1S/C18H19N3O2S/c1-3-21(16-7-5-4-6-8-16)17(23)14-9-11-15(12-10-14)20-18(24)19-13(2)22/h4-12H,3H2,1-2H3,(H2,19,20,22,24). The van der Waals surface area contributed by atoms with Crippen LogP contribution in [0.2, 0.25) is 0 Å². The Balaban J connectivity index is 2.10. The Morgan fingerprint density at radius 2 is 1.67 bits per heavy atom. The SMILES string of the molecule is CCN(C(=O)c1ccc(NC(=S)NC(C)=O)cc1)c1ccccc1. The number of anilines is 2. The van der Waals surface area contributed by atoms with E-state index in [1.54, 1.807) is 29.2 Å². The zero-order valence-electron chi connectivity index (χ0n) is 13.6. The predicted octanol–water partition coefficient (Wildman–Crippen LogP) is 3.19. The fourth-order valence-corrected chi connectivity index (χ4v) is 2.49. The molecule has 0 aromatic heterocycles. The Bertz CT molecular complexity index is 730. The molecule has 2 aromatic carbocycles. The summed E-state index contributed by atoms with van der Waals surface area (Å²) < 4.78 is 0. The van der Waals surface area contributed by atoms with Crippen molar-refractivity contribution in [1.29, 1.82) is 0 Å². The van der Waals surface area contributed by atoms with E-state index < -0.39 is 0 Å². The molecule has 0 unspecified atom stereocenters. The van der Waals surface area contributed by atoms with Crippen LogP contribution in [0.15, 0.2) is 54.6 Å². The number of carbonyl (C=O) groups is 2. The van der Waals surface area contributed by atoms with Gasteiger partial charge in [0.2, 0.25) is 5.91 Å². The number of hydrogen-bond donors (Lipinski definition) is 2. The van der Waals surface area contributed by atoms with E-state index in [0.29, 0.717) is 17.8 Å². The first-order valence-corrected chi connectivity index (χ1v) is 7.97. The molecule has 0 aliphatic carbocycles. The lowest BCUT2D eigenvalue weighted by atomic mass is 10.1. The van der Waals surface area contributed by atoms with E-state index in [0.717, 1.165) is 5.69 Å². The number of nitrogens with one attached hydrogen (secondary N) is 2. The predicted molar refractivity (Wildman–Crippen MR) is 100 cm³/mol. The van der Waals surface area contributed by atoms with Gasteiger partial charge in [-0.3, -0.25) is 9.59 Å². The Kier molecular flexibility index (Phi) is 6.03. The van der Waals surface area contributed by atoms with E-state index in [9.17, 15) is 9.59 Å². The van der Waals surface area contributed by atoms with Gasteiger partial charge in [-0.05, 0) is 55.5 Å². The van der Waals surface area contributed by atoms with E-state index in [1.165, 1.54) is 6.92 Å². The molecule has 2 aromatic rings. The van der Waals surface area contributed by atoms with E-state index in [1.807, 2.05) is 37.3 Å². The molecule has 0 heterocycles. The summed E-state index contributed by atoms with van der Waals surface area (Å²) in [6, 6.07) is 16.5.